The highest BCUT2D eigenvalue weighted by molar-refractivity contribution is 5.94. The van der Waals surface area contributed by atoms with E-state index in [0.29, 0.717) is 24.5 Å². The van der Waals surface area contributed by atoms with Crippen molar-refractivity contribution in [1.82, 2.24) is 14.5 Å². The third kappa shape index (κ3) is 3.95. The number of aryl methyl sites for hydroxylation is 2. The molecule has 6 heteroatoms. The summed E-state index contributed by atoms with van der Waals surface area (Å²) in [5.74, 6) is 1.24. The molecule has 0 atom stereocenters. The van der Waals surface area contributed by atoms with Crippen LogP contribution in [0.15, 0.2) is 53.3 Å². The minimum Gasteiger partial charge on any atom is -0.496 e. The van der Waals surface area contributed by atoms with Crippen LogP contribution in [0.4, 0.5) is 0 Å². The standard InChI is InChI=1S/C24H27N3O3/c1-26-20-9-5-4-8-19(20)25-22(23(26)28)24(29)27-15-13-17(14-16-27)11-12-18-7-3-6-10-21(18)30-2/h3-10,17H,11-16H2,1-2H3. The van der Waals surface area contributed by atoms with Crippen LogP contribution >= 0.6 is 0 Å². The first-order valence-corrected chi connectivity index (χ1v) is 10.5. The van der Waals surface area contributed by atoms with Crippen LogP contribution in [-0.4, -0.2) is 40.6 Å². The van der Waals surface area contributed by atoms with Gasteiger partial charge in [-0.25, -0.2) is 4.98 Å². The van der Waals surface area contributed by atoms with Crippen LogP contribution in [0.3, 0.4) is 0 Å². The Hall–Kier alpha value is -3.15. The van der Waals surface area contributed by atoms with Crippen molar-refractivity contribution in [3.05, 3.63) is 70.1 Å². The largest absolute Gasteiger partial charge is 0.496 e. The molecule has 0 radical (unpaired) electrons. The summed E-state index contributed by atoms with van der Waals surface area (Å²) in [5, 5.41) is 0. The lowest BCUT2D eigenvalue weighted by Crippen LogP contribution is -2.42. The van der Waals surface area contributed by atoms with E-state index in [1.165, 1.54) is 10.1 Å². The second-order valence-electron chi connectivity index (χ2n) is 7.90. The minimum atomic E-state index is -0.336. The van der Waals surface area contributed by atoms with E-state index in [2.05, 4.69) is 11.1 Å². The molecule has 2 heterocycles. The van der Waals surface area contributed by atoms with Crippen molar-refractivity contribution in [1.29, 1.82) is 0 Å². The molecule has 0 unspecified atom stereocenters. The highest BCUT2D eigenvalue weighted by Crippen LogP contribution is 2.26. The molecule has 2 aromatic carbocycles. The SMILES string of the molecule is COc1ccccc1CCC1CCN(C(=O)c2nc3ccccc3n(C)c2=O)CC1. The van der Waals surface area contributed by atoms with Gasteiger partial charge >= 0.3 is 0 Å². The molecule has 3 aromatic rings. The van der Waals surface area contributed by atoms with Crippen molar-refractivity contribution in [3.8, 4) is 5.75 Å². The molecular weight excluding hydrogens is 378 g/mol. The maximum atomic E-state index is 13.0. The number of piperidine rings is 1. The predicted molar refractivity (Wildman–Crippen MR) is 117 cm³/mol. The summed E-state index contributed by atoms with van der Waals surface area (Å²) in [6.07, 6.45) is 3.91. The number of fused-ring (bicyclic) bond motifs is 1. The van der Waals surface area contributed by atoms with Crippen molar-refractivity contribution >= 4 is 16.9 Å². The predicted octanol–water partition coefficient (Wildman–Crippen LogP) is 3.43. The van der Waals surface area contributed by atoms with Crippen LogP contribution in [0.2, 0.25) is 0 Å². The van der Waals surface area contributed by atoms with Gasteiger partial charge in [-0.2, -0.15) is 0 Å². The summed E-state index contributed by atoms with van der Waals surface area (Å²) < 4.78 is 6.95. The number of carbonyl (C=O) groups is 1. The van der Waals surface area contributed by atoms with Gasteiger partial charge < -0.3 is 14.2 Å². The lowest BCUT2D eigenvalue weighted by molar-refractivity contribution is 0.0679. The molecule has 156 valence electrons. The van der Waals surface area contributed by atoms with Crippen molar-refractivity contribution in [2.24, 2.45) is 13.0 Å². The van der Waals surface area contributed by atoms with E-state index < -0.39 is 0 Å². The van der Waals surface area contributed by atoms with E-state index in [-0.39, 0.29) is 17.2 Å². The fourth-order valence-corrected chi connectivity index (χ4v) is 4.26. The third-order valence-electron chi connectivity index (χ3n) is 6.10. The molecule has 0 aliphatic carbocycles. The number of rotatable bonds is 5. The Morgan fingerprint density at radius 3 is 2.57 bits per heavy atom. The maximum Gasteiger partial charge on any atom is 0.282 e. The number of amides is 1. The minimum absolute atomic E-state index is 0.0173. The lowest BCUT2D eigenvalue weighted by atomic mass is 9.90. The Balaban J connectivity index is 1.41. The molecule has 1 aliphatic heterocycles. The maximum absolute atomic E-state index is 13.0. The lowest BCUT2D eigenvalue weighted by Gasteiger charge is -2.32. The Kier molecular flexibility index (Phi) is 5.84. The van der Waals surface area contributed by atoms with Crippen molar-refractivity contribution in [2.45, 2.75) is 25.7 Å². The summed E-state index contributed by atoms with van der Waals surface area (Å²) in [4.78, 5) is 31.9. The highest BCUT2D eigenvalue weighted by Gasteiger charge is 2.27. The molecule has 1 amide bonds. The van der Waals surface area contributed by atoms with Gasteiger partial charge in [0.05, 0.1) is 18.1 Å². The van der Waals surface area contributed by atoms with E-state index in [1.54, 1.807) is 19.1 Å². The smallest absolute Gasteiger partial charge is 0.282 e. The van der Waals surface area contributed by atoms with Gasteiger partial charge in [0.2, 0.25) is 0 Å². The molecule has 1 aliphatic rings. The van der Waals surface area contributed by atoms with Crippen LogP contribution in [0, 0.1) is 5.92 Å². The average molecular weight is 405 g/mol. The summed E-state index contributed by atoms with van der Waals surface area (Å²) >= 11 is 0. The molecule has 0 N–H and O–H groups in total. The zero-order chi connectivity index (χ0) is 21.1. The number of benzene rings is 2. The number of hydrogen-bond acceptors (Lipinski definition) is 4. The monoisotopic (exact) mass is 405 g/mol. The van der Waals surface area contributed by atoms with Crippen molar-refractivity contribution in [2.75, 3.05) is 20.2 Å². The van der Waals surface area contributed by atoms with Gasteiger partial charge in [0.25, 0.3) is 11.5 Å². The number of nitrogens with zero attached hydrogens (tertiary/aromatic N) is 3. The van der Waals surface area contributed by atoms with Gasteiger partial charge in [-0.3, -0.25) is 9.59 Å². The second-order valence-corrected chi connectivity index (χ2v) is 7.90. The molecule has 0 bridgehead atoms. The molecule has 1 saturated heterocycles. The summed E-state index contributed by atoms with van der Waals surface area (Å²) in [6.45, 7) is 1.32. The Morgan fingerprint density at radius 2 is 1.80 bits per heavy atom. The van der Waals surface area contributed by atoms with Gasteiger partial charge in [0.1, 0.15) is 5.75 Å². The highest BCUT2D eigenvalue weighted by atomic mass is 16.5. The first-order chi connectivity index (χ1) is 14.6. The number of aromatic nitrogens is 2. The fourth-order valence-electron chi connectivity index (χ4n) is 4.26. The average Bonchev–Trinajstić information content (AvgIpc) is 2.80. The molecular formula is C24H27N3O3. The van der Waals surface area contributed by atoms with Crippen LogP contribution in [0.25, 0.3) is 11.0 Å². The number of para-hydroxylation sites is 3. The van der Waals surface area contributed by atoms with Crippen LogP contribution in [0.5, 0.6) is 5.75 Å². The Bertz CT molecular complexity index is 1110. The van der Waals surface area contributed by atoms with Gasteiger partial charge in [-0.15, -0.1) is 0 Å². The Labute approximate surface area is 176 Å². The van der Waals surface area contributed by atoms with Crippen molar-refractivity contribution in [3.63, 3.8) is 0 Å². The number of likely N-dealkylation sites (tertiary alicyclic amines) is 1. The van der Waals surface area contributed by atoms with Crippen LogP contribution in [0.1, 0.15) is 35.3 Å². The first kappa shape index (κ1) is 20.1. The normalized spacial score (nSPS) is 14.8. The van der Waals surface area contributed by atoms with Gasteiger partial charge in [0.15, 0.2) is 5.69 Å². The summed E-state index contributed by atoms with van der Waals surface area (Å²) in [5.41, 5.74) is 2.30. The number of hydrogen-bond donors (Lipinski definition) is 0. The third-order valence-corrected chi connectivity index (χ3v) is 6.10. The number of carbonyl (C=O) groups excluding carboxylic acids is 1. The quantitative estimate of drug-likeness (QED) is 0.652. The summed E-state index contributed by atoms with van der Waals surface area (Å²) in [6, 6.07) is 15.5. The molecule has 0 saturated carbocycles. The Morgan fingerprint density at radius 1 is 1.10 bits per heavy atom. The van der Waals surface area contributed by atoms with E-state index in [4.69, 9.17) is 4.74 Å². The molecule has 1 fully saturated rings. The first-order valence-electron chi connectivity index (χ1n) is 10.5. The van der Waals surface area contributed by atoms with Crippen molar-refractivity contribution < 1.29 is 9.53 Å². The van der Waals surface area contributed by atoms with E-state index in [1.807, 2.05) is 42.5 Å². The van der Waals surface area contributed by atoms with E-state index in [0.717, 1.165) is 36.9 Å². The van der Waals surface area contributed by atoms with Gasteiger partial charge in [0, 0.05) is 20.1 Å². The van der Waals surface area contributed by atoms with Crippen LogP contribution in [-0.2, 0) is 13.5 Å². The molecule has 6 nitrogen and oxygen atoms in total. The molecule has 1 aromatic heterocycles. The zero-order valence-corrected chi connectivity index (χ0v) is 17.5. The second kappa shape index (κ2) is 8.69. The zero-order valence-electron chi connectivity index (χ0n) is 17.5. The summed E-state index contributed by atoms with van der Waals surface area (Å²) in [7, 11) is 3.39. The van der Waals surface area contributed by atoms with Crippen LogP contribution < -0.4 is 10.3 Å². The topological polar surface area (TPSA) is 64.4 Å². The number of ether oxygens (including phenoxy) is 1. The number of methoxy groups -OCH3 is 1. The van der Waals surface area contributed by atoms with E-state index >= 15 is 0 Å². The van der Waals surface area contributed by atoms with E-state index in [9.17, 15) is 9.59 Å². The fraction of sp³-hybridized carbons (Fsp3) is 0.375. The van der Waals surface area contributed by atoms with Gasteiger partial charge in [-0.05, 0) is 55.4 Å². The molecule has 30 heavy (non-hydrogen) atoms. The molecule has 4 rings (SSSR count). The van der Waals surface area contributed by atoms with Gasteiger partial charge in [-0.1, -0.05) is 30.3 Å². The molecule has 0 spiro atoms.